The van der Waals surface area contributed by atoms with Crippen molar-refractivity contribution >= 4 is 23.2 Å². The molecule has 3 rings (SSSR count). The highest BCUT2D eigenvalue weighted by molar-refractivity contribution is 6.05. The highest BCUT2D eigenvalue weighted by atomic mass is 16.2. The predicted molar refractivity (Wildman–Crippen MR) is 112 cm³/mol. The Labute approximate surface area is 166 Å². The average Bonchev–Trinajstić information content (AvgIpc) is 3.23. The molecule has 0 aliphatic heterocycles. The number of aromatic nitrogens is 1. The first-order chi connectivity index (χ1) is 13.6. The van der Waals surface area contributed by atoms with Gasteiger partial charge in [-0.25, -0.2) is 0 Å². The third-order valence-corrected chi connectivity index (χ3v) is 5.21. The van der Waals surface area contributed by atoms with Crippen LogP contribution in [0.4, 0.5) is 11.4 Å². The maximum Gasteiger partial charge on any atom is 0.257 e. The van der Waals surface area contributed by atoms with Crippen LogP contribution in [0.25, 0.3) is 0 Å². The van der Waals surface area contributed by atoms with Crippen molar-refractivity contribution in [2.45, 2.75) is 45.6 Å². The molecule has 1 fully saturated rings. The largest absolute Gasteiger partial charge is 0.372 e. The number of carbonyl (C=O) groups excluding carboxylic acids is 2. The van der Waals surface area contributed by atoms with Gasteiger partial charge < -0.3 is 15.5 Å². The Balaban J connectivity index is 1.65. The number of amides is 2. The summed E-state index contributed by atoms with van der Waals surface area (Å²) in [6.07, 6.45) is 7.31. The number of hydrogen-bond acceptors (Lipinski definition) is 4. The van der Waals surface area contributed by atoms with E-state index in [1.807, 2.05) is 24.3 Å². The highest BCUT2D eigenvalue weighted by Gasteiger charge is 2.19. The number of hydrogen-bond donors (Lipinski definition) is 2. The Morgan fingerprint density at radius 3 is 2.21 bits per heavy atom. The summed E-state index contributed by atoms with van der Waals surface area (Å²) in [5, 5.41) is 5.89. The van der Waals surface area contributed by atoms with Gasteiger partial charge in [-0.1, -0.05) is 12.8 Å². The molecule has 2 N–H and O–H groups in total. The van der Waals surface area contributed by atoms with Crippen LogP contribution < -0.4 is 15.5 Å². The van der Waals surface area contributed by atoms with E-state index in [2.05, 4.69) is 34.4 Å². The molecule has 0 radical (unpaired) electrons. The number of rotatable bonds is 7. The molecule has 148 valence electrons. The first kappa shape index (κ1) is 19.9. The standard InChI is InChI=1S/C22H28N4O2/c1-3-26(4-2)20-11-9-19(10-12-20)25-22(28)17-13-16(14-23-15-17)21(27)24-18-7-5-6-8-18/h9-15,18H,3-8H2,1-2H3,(H,24,27)(H,25,28). The summed E-state index contributed by atoms with van der Waals surface area (Å²) in [6.45, 7) is 6.09. The van der Waals surface area contributed by atoms with Crippen LogP contribution >= 0.6 is 0 Å². The summed E-state index contributed by atoms with van der Waals surface area (Å²) in [4.78, 5) is 31.3. The van der Waals surface area contributed by atoms with E-state index in [0.29, 0.717) is 16.8 Å². The van der Waals surface area contributed by atoms with Crippen LogP contribution in [-0.2, 0) is 0 Å². The zero-order valence-electron chi connectivity index (χ0n) is 16.6. The average molecular weight is 380 g/mol. The predicted octanol–water partition coefficient (Wildman–Crippen LogP) is 3.85. The van der Waals surface area contributed by atoms with Gasteiger partial charge in [-0.15, -0.1) is 0 Å². The summed E-state index contributed by atoms with van der Waals surface area (Å²) >= 11 is 0. The lowest BCUT2D eigenvalue weighted by Gasteiger charge is -2.21. The molecule has 1 aliphatic carbocycles. The van der Waals surface area contributed by atoms with Gasteiger partial charge >= 0.3 is 0 Å². The molecule has 2 aromatic rings. The lowest BCUT2D eigenvalue weighted by Crippen LogP contribution is -2.32. The summed E-state index contributed by atoms with van der Waals surface area (Å²) in [6, 6.07) is 9.58. The zero-order chi connectivity index (χ0) is 19.9. The van der Waals surface area contributed by atoms with Crippen molar-refractivity contribution in [3.8, 4) is 0 Å². The molecule has 6 nitrogen and oxygen atoms in total. The topological polar surface area (TPSA) is 74.3 Å². The van der Waals surface area contributed by atoms with Crippen molar-refractivity contribution in [2.75, 3.05) is 23.3 Å². The third kappa shape index (κ3) is 4.88. The number of nitrogens with one attached hydrogen (secondary N) is 2. The van der Waals surface area contributed by atoms with Gasteiger partial charge in [-0.3, -0.25) is 14.6 Å². The molecule has 1 saturated carbocycles. The second-order valence-corrected chi connectivity index (χ2v) is 7.09. The fourth-order valence-electron chi connectivity index (χ4n) is 3.57. The summed E-state index contributed by atoms with van der Waals surface area (Å²) < 4.78 is 0. The van der Waals surface area contributed by atoms with Crippen LogP contribution in [0.3, 0.4) is 0 Å². The minimum absolute atomic E-state index is 0.169. The Hall–Kier alpha value is -2.89. The highest BCUT2D eigenvalue weighted by Crippen LogP contribution is 2.19. The molecule has 1 aliphatic rings. The van der Waals surface area contributed by atoms with Crippen molar-refractivity contribution in [1.29, 1.82) is 0 Å². The van der Waals surface area contributed by atoms with Crippen molar-refractivity contribution in [2.24, 2.45) is 0 Å². The van der Waals surface area contributed by atoms with Gasteiger partial charge in [0.2, 0.25) is 0 Å². The maximum atomic E-state index is 12.6. The fraction of sp³-hybridized carbons (Fsp3) is 0.409. The summed E-state index contributed by atoms with van der Waals surface area (Å²) in [5.74, 6) is -0.448. The van der Waals surface area contributed by atoms with Crippen molar-refractivity contribution < 1.29 is 9.59 Å². The lowest BCUT2D eigenvalue weighted by molar-refractivity contribution is 0.0937. The molecule has 0 saturated heterocycles. The van der Waals surface area contributed by atoms with Gasteiger partial charge in [-0.2, -0.15) is 0 Å². The van der Waals surface area contributed by atoms with Gasteiger partial charge in [0.1, 0.15) is 0 Å². The molecule has 0 atom stereocenters. The Morgan fingerprint density at radius 1 is 1.00 bits per heavy atom. The first-order valence-corrected chi connectivity index (χ1v) is 10.0. The van der Waals surface area contributed by atoms with Crippen LogP contribution in [0.5, 0.6) is 0 Å². The number of benzene rings is 1. The minimum atomic E-state index is -0.279. The van der Waals surface area contributed by atoms with Crippen molar-refractivity contribution in [1.82, 2.24) is 10.3 Å². The van der Waals surface area contributed by atoms with E-state index in [9.17, 15) is 9.59 Å². The normalized spacial score (nSPS) is 13.9. The van der Waals surface area contributed by atoms with Gasteiger partial charge in [0, 0.05) is 42.9 Å². The molecule has 28 heavy (non-hydrogen) atoms. The molecule has 2 amide bonds. The quantitative estimate of drug-likeness (QED) is 0.765. The summed E-state index contributed by atoms with van der Waals surface area (Å²) in [7, 11) is 0. The summed E-state index contributed by atoms with van der Waals surface area (Å²) in [5.41, 5.74) is 2.61. The van der Waals surface area contributed by atoms with E-state index in [-0.39, 0.29) is 17.9 Å². The maximum absolute atomic E-state index is 12.6. The van der Waals surface area contributed by atoms with Crippen LogP contribution in [0.2, 0.25) is 0 Å². The van der Waals surface area contributed by atoms with Gasteiger partial charge in [0.25, 0.3) is 11.8 Å². The van der Waals surface area contributed by atoms with Crippen LogP contribution in [0, 0.1) is 0 Å². The molecular weight excluding hydrogens is 352 g/mol. The number of pyridine rings is 1. The van der Waals surface area contributed by atoms with Gasteiger partial charge in [0.05, 0.1) is 11.1 Å². The fourth-order valence-corrected chi connectivity index (χ4v) is 3.57. The second-order valence-electron chi connectivity index (χ2n) is 7.09. The number of anilines is 2. The Morgan fingerprint density at radius 2 is 1.61 bits per heavy atom. The minimum Gasteiger partial charge on any atom is -0.372 e. The Kier molecular flexibility index (Phi) is 6.63. The Bertz CT molecular complexity index is 810. The number of nitrogens with zero attached hydrogens (tertiary/aromatic N) is 2. The number of carbonyl (C=O) groups is 2. The van der Waals surface area contributed by atoms with E-state index in [4.69, 9.17) is 0 Å². The SMILES string of the molecule is CCN(CC)c1ccc(NC(=O)c2cncc(C(=O)NC3CCCC3)c2)cc1. The van der Waals surface area contributed by atoms with E-state index < -0.39 is 0 Å². The van der Waals surface area contributed by atoms with Gasteiger partial charge in [0.15, 0.2) is 0 Å². The van der Waals surface area contributed by atoms with E-state index in [0.717, 1.165) is 44.5 Å². The molecule has 0 unspecified atom stereocenters. The van der Waals surface area contributed by atoms with Crippen molar-refractivity contribution in [3.05, 3.63) is 53.9 Å². The van der Waals surface area contributed by atoms with Crippen LogP contribution in [0.15, 0.2) is 42.7 Å². The molecule has 0 bridgehead atoms. The first-order valence-electron chi connectivity index (χ1n) is 10.0. The molecule has 1 aromatic heterocycles. The van der Waals surface area contributed by atoms with Crippen molar-refractivity contribution in [3.63, 3.8) is 0 Å². The molecular formula is C22H28N4O2. The zero-order valence-corrected chi connectivity index (χ0v) is 16.6. The monoisotopic (exact) mass is 380 g/mol. The smallest absolute Gasteiger partial charge is 0.257 e. The van der Waals surface area contributed by atoms with Crippen LogP contribution in [0.1, 0.15) is 60.2 Å². The van der Waals surface area contributed by atoms with E-state index in [1.54, 1.807) is 6.07 Å². The van der Waals surface area contributed by atoms with E-state index >= 15 is 0 Å². The van der Waals surface area contributed by atoms with Crippen LogP contribution in [-0.4, -0.2) is 35.9 Å². The molecule has 6 heteroatoms. The molecule has 0 spiro atoms. The molecule has 1 aromatic carbocycles. The third-order valence-electron chi connectivity index (χ3n) is 5.21. The van der Waals surface area contributed by atoms with Gasteiger partial charge in [-0.05, 0) is 57.0 Å². The molecule has 1 heterocycles. The lowest BCUT2D eigenvalue weighted by atomic mass is 10.1. The second kappa shape index (κ2) is 9.35. The van der Waals surface area contributed by atoms with E-state index in [1.165, 1.54) is 12.4 Å².